The number of benzene rings is 3. The van der Waals surface area contributed by atoms with Crippen LogP contribution in [0.4, 0.5) is 22.0 Å². The minimum absolute atomic E-state index is 0.0807. The molecule has 0 atom stereocenters. The number of rotatable bonds is 4. The first-order valence-electron chi connectivity index (χ1n) is 9.05. The Morgan fingerprint density at radius 1 is 0.581 bits per heavy atom. The van der Waals surface area contributed by atoms with Gasteiger partial charge in [-0.3, -0.25) is 0 Å². The van der Waals surface area contributed by atoms with Crippen LogP contribution >= 0.6 is 0 Å². The smallest absolute Gasteiger partial charge is 0.406 e. The SMILES string of the molecule is Fc1cccc(F)c1-c1ccc(-c2ccc(-c3ccc(OC(F)(F)F)cc3)cc2)nn1. The normalized spacial score (nSPS) is 11.4. The number of hydrogen-bond donors (Lipinski definition) is 0. The molecule has 0 unspecified atom stereocenters. The van der Waals surface area contributed by atoms with E-state index in [2.05, 4.69) is 14.9 Å². The largest absolute Gasteiger partial charge is 0.573 e. The van der Waals surface area contributed by atoms with Crippen molar-refractivity contribution in [3.8, 4) is 39.4 Å². The Labute approximate surface area is 173 Å². The molecule has 0 bridgehead atoms. The molecule has 3 nitrogen and oxygen atoms in total. The maximum Gasteiger partial charge on any atom is 0.573 e. The molecule has 0 aliphatic rings. The number of halogens is 5. The number of alkyl halides is 3. The Hall–Kier alpha value is -3.81. The maximum absolute atomic E-state index is 13.9. The molecule has 0 saturated heterocycles. The van der Waals surface area contributed by atoms with Crippen LogP contribution in [-0.2, 0) is 0 Å². The Morgan fingerprint density at radius 2 is 1.06 bits per heavy atom. The number of aromatic nitrogens is 2. The molecule has 0 aliphatic heterocycles. The highest BCUT2D eigenvalue weighted by molar-refractivity contribution is 5.70. The van der Waals surface area contributed by atoms with Crippen molar-refractivity contribution < 1.29 is 26.7 Å². The second-order valence-corrected chi connectivity index (χ2v) is 6.55. The third kappa shape index (κ3) is 4.69. The van der Waals surface area contributed by atoms with E-state index in [0.29, 0.717) is 16.8 Å². The molecule has 1 aromatic heterocycles. The summed E-state index contributed by atoms with van der Waals surface area (Å²) in [5, 5.41) is 7.98. The van der Waals surface area contributed by atoms with Gasteiger partial charge in [0, 0.05) is 5.56 Å². The van der Waals surface area contributed by atoms with E-state index in [9.17, 15) is 22.0 Å². The highest BCUT2D eigenvalue weighted by atomic mass is 19.4. The van der Waals surface area contributed by atoms with Crippen LogP contribution in [0, 0.1) is 11.6 Å². The van der Waals surface area contributed by atoms with E-state index in [-0.39, 0.29) is 17.0 Å². The molecular weight excluding hydrogens is 415 g/mol. The molecule has 0 amide bonds. The van der Waals surface area contributed by atoms with E-state index in [1.54, 1.807) is 30.3 Å². The van der Waals surface area contributed by atoms with Crippen molar-refractivity contribution in [3.05, 3.63) is 90.5 Å². The molecule has 0 radical (unpaired) electrons. The van der Waals surface area contributed by atoms with E-state index < -0.39 is 18.0 Å². The van der Waals surface area contributed by atoms with Crippen LogP contribution in [0.3, 0.4) is 0 Å². The van der Waals surface area contributed by atoms with Gasteiger partial charge >= 0.3 is 6.36 Å². The number of ether oxygens (including phenoxy) is 1. The Kier molecular flexibility index (Phi) is 5.37. The van der Waals surface area contributed by atoms with Crippen molar-refractivity contribution in [3.63, 3.8) is 0 Å². The fourth-order valence-corrected chi connectivity index (χ4v) is 3.04. The fraction of sp³-hybridized carbons (Fsp3) is 0.0435. The van der Waals surface area contributed by atoms with Gasteiger partial charge in [0.1, 0.15) is 17.4 Å². The summed E-state index contributed by atoms with van der Waals surface area (Å²) in [6, 6.07) is 19.3. The zero-order valence-corrected chi connectivity index (χ0v) is 15.7. The lowest BCUT2D eigenvalue weighted by Crippen LogP contribution is -2.16. The summed E-state index contributed by atoms with van der Waals surface area (Å²) < 4.78 is 68.4. The van der Waals surface area contributed by atoms with Crippen LogP contribution in [0.5, 0.6) is 5.75 Å². The lowest BCUT2D eigenvalue weighted by molar-refractivity contribution is -0.274. The molecule has 0 aliphatic carbocycles. The van der Waals surface area contributed by atoms with E-state index in [1.165, 1.54) is 36.4 Å². The summed E-state index contributed by atoms with van der Waals surface area (Å²) in [5.74, 6) is -1.74. The average molecular weight is 428 g/mol. The van der Waals surface area contributed by atoms with Crippen LogP contribution in [0.2, 0.25) is 0 Å². The predicted octanol–water partition coefficient (Wildman–Crippen LogP) is 6.65. The summed E-state index contributed by atoms with van der Waals surface area (Å²) in [6.45, 7) is 0. The minimum atomic E-state index is -4.74. The lowest BCUT2D eigenvalue weighted by atomic mass is 10.0. The van der Waals surface area contributed by atoms with Gasteiger partial charge in [0.05, 0.1) is 17.0 Å². The Morgan fingerprint density at radius 3 is 1.58 bits per heavy atom. The van der Waals surface area contributed by atoms with Gasteiger partial charge in [-0.15, -0.1) is 23.4 Å². The molecule has 4 aromatic rings. The van der Waals surface area contributed by atoms with Crippen LogP contribution in [0.25, 0.3) is 33.6 Å². The Balaban J connectivity index is 1.53. The topological polar surface area (TPSA) is 35.0 Å². The second-order valence-electron chi connectivity index (χ2n) is 6.55. The van der Waals surface area contributed by atoms with Crippen LogP contribution in [0.15, 0.2) is 78.9 Å². The van der Waals surface area contributed by atoms with Gasteiger partial charge in [0.25, 0.3) is 0 Å². The summed E-state index contributed by atoms with van der Waals surface area (Å²) in [4.78, 5) is 0. The zero-order chi connectivity index (χ0) is 22.0. The van der Waals surface area contributed by atoms with Crippen molar-refractivity contribution in [1.29, 1.82) is 0 Å². The fourth-order valence-electron chi connectivity index (χ4n) is 3.04. The summed E-state index contributed by atoms with van der Waals surface area (Å²) in [5.41, 5.74) is 2.54. The van der Waals surface area contributed by atoms with Crippen molar-refractivity contribution in [2.45, 2.75) is 6.36 Å². The zero-order valence-electron chi connectivity index (χ0n) is 15.7. The van der Waals surface area contributed by atoms with Crippen molar-refractivity contribution in [1.82, 2.24) is 10.2 Å². The number of nitrogens with zero attached hydrogens (tertiary/aromatic N) is 2. The van der Waals surface area contributed by atoms with Crippen molar-refractivity contribution >= 4 is 0 Å². The van der Waals surface area contributed by atoms with E-state index in [4.69, 9.17) is 0 Å². The summed E-state index contributed by atoms with van der Waals surface area (Å²) in [7, 11) is 0. The summed E-state index contributed by atoms with van der Waals surface area (Å²) >= 11 is 0. The minimum Gasteiger partial charge on any atom is -0.406 e. The maximum atomic E-state index is 13.9. The molecule has 1 heterocycles. The molecule has 0 saturated carbocycles. The van der Waals surface area contributed by atoms with Crippen LogP contribution < -0.4 is 4.74 Å². The van der Waals surface area contributed by atoms with Gasteiger partial charge < -0.3 is 4.74 Å². The monoisotopic (exact) mass is 428 g/mol. The van der Waals surface area contributed by atoms with Crippen LogP contribution in [0.1, 0.15) is 0 Å². The molecule has 3 aromatic carbocycles. The van der Waals surface area contributed by atoms with E-state index in [0.717, 1.165) is 17.7 Å². The molecule has 0 N–H and O–H groups in total. The highest BCUT2D eigenvalue weighted by Crippen LogP contribution is 2.29. The van der Waals surface area contributed by atoms with Gasteiger partial charge in [0.15, 0.2) is 0 Å². The second kappa shape index (κ2) is 8.14. The molecule has 0 fully saturated rings. The molecular formula is C23H13F5N2O. The van der Waals surface area contributed by atoms with Gasteiger partial charge in [-0.1, -0.05) is 42.5 Å². The first-order chi connectivity index (χ1) is 14.8. The number of hydrogen-bond acceptors (Lipinski definition) is 3. The van der Waals surface area contributed by atoms with Gasteiger partial charge in [-0.05, 0) is 47.5 Å². The predicted molar refractivity (Wildman–Crippen MR) is 105 cm³/mol. The lowest BCUT2D eigenvalue weighted by Gasteiger charge is -2.09. The molecule has 8 heteroatoms. The Bertz CT molecular complexity index is 1170. The van der Waals surface area contributed by atoms with E-state index in [1.807, 2.05) is 0 Å². The molecule has 31 heavy (non-hydrogen) atoms. The standard InChI is InChI=1S/C23H13F5N2O/c24-18-2-1-3-19(25)22(18)21-13-12-20(29-30-21)16-6-4-14(5-7-16)15-8-10-17(11-9-15)31-23(26,27)28/h1-13H. The molecule has 4 rings (SSSR count). The van der Waals surface area contributed by atoms with Gasteiger partial charge in [0.2, 0.25) is 0 Å². The van der Waals surface area contributed by atoms with Crippen LogP contribution in [-0.4, -0.2) is 16.6 Å². The van der Waals surface area contributed by atoms with Crippen molar-refractivity contribution in [2.75, 3.05) is 0 Å². The summed E-state index contributed by atoms with van der Waals surface area (Å²) in [6.07, 6.45) is -4.74. The molecule has 156 valence electrons. The third-order valence-electron chi connectivity index (χ3n) is 4.49. The average Bonchev–Trinajstić information content (AvgIpc) is 2.74. The highest BCUT2D eigenvalue weighted by Gasteiger charge is 2.30. The molecule has 0 spiro atoms. The van der Waals surface area contributed by atoms with Crippen molar-refractivity contribution in [2.24, 2.45) is 0 Å². The third-order valence-corrected chi connectivity index (χ3v) is 4.49. The quantitative estimate of drug-likeness (QED) is 0.341. The van der Waals surface area contributed by atoms with E-state index >= 15 is 0 Å². The first kappa shape index (κ1) is 20.5. The van der Waals surface area contributed by atoms with Gasteiger partial charge in [-0.2, -0.15) is 0 Å². The van der Waals surface area contributed by atoms with Gasteiger partial charge in [-0.25, -0.2) is 8.78 Å². The first-order valence-corrected chi connectivity index (χ1v) is 9.05.